The van der Waals surface area contributed by atoms with Gasteiger partial charge in [0.1, 0.15) is 18.0 Å². The summed E-state index contributed by atoms with van der Waals surface area (Å²) in [5.41, 5.74) is 3.35. The number of methoxy groups -OCH3 is 2. The number of rotatable bonds is 10. The number of nitrogens with one attached hydrogen (secondary N) is 1. The summed E-state index contributed by atoms with van der Waals surface area (Å²) in [7, 11) is -0.808. The molecular formula is C28H34N2O5S. The first kappa shape index (κ1) is 27.1. The van der Waals surface area contributed by atoms with Crippen molar-refractivity contribution in [1.29, 1.82) is 0 Å². The molecule has 0 fully saturated rings. The second-order valence-electron chi connectivity index (χ2n) is 8.92. The molecule has 1 amide bonds. The Morgan fingerprint density at radius 3 is 2.11 bits per heavy atom. The van der Waals surface area contributed by atoms with Gasteiger partial charge in [-0.2, -0.15) is 0 Å². The van der Waals surface area contributed by atoms with Crippen LogP contribution in [0.5, 0.6) is 11.5 Å². The SMILES string of the molecule is COc1ccc(N(CC(=O)N[C@@H](C)c2cc(C(C)C)c(OC)cc2C)S(=O)(=O)c2ccccc2)cc1. The number of nitrogens with zero attached hydrogens (tertiary/aromatic N) is 1. The van der Waals surface area contributed by atoms with Gasteiger partial charge in [-0.15, -0.1) is 0 Å². The zero-order valence-corrected chi connectivity index (χ0v) is 22.4. The van der Waals surface area contributed by atoms with E-state index in [1.165, 1.54) is 19.2 Å². The summed E-state index contributed by atoms with van der Waals surface area (Å²) in [6.45, 7) is 7.65. The average molecular weight is 511 g/mol. The van der Waals surface area contributed by atoms with Crippen LogP contribution in [0.15, 0.2) is 71.6 Å². The maximum absolute atomic E-state index is 13.5. The highest BCUT2D eigenvalue weighted by Gasteiger charge is 2.28. The van der Waals surface area contributed by atoms with Crippen LogP contribution in [0.1, 0.15) is 49.4 Å². The van der Waals surface area contributed by atoms with Gasteiger partial charge in [0.05, 0.1) is 30.8 Å². The standard InChI is InChI=1S/C28H34N2O5S/c1-19(2)25-17-26(20(3)16-27(25)35-6)21(4)29-28(31)18-30(22-12-14-23(34-5)15-13-22)36(32,33)24-10-8-7-9-11-24/h7-17,19,21H,18H2,1-6H3,(H,29,31)/t21-/m0/s1. The first-order valence-electron chi connectivity index (χ1n) is 11.8. The van der Waals surface area contributed by atoms with E-state index >= 15 is 0 Å². The molecule has 0 aliphatic carbocycles. The van der Waals surface area contributed by atoms with Gasteiger partial charge < -0.3 is 14.8 Å². The zero-order valence-electron chi connectivity index (χ0n) is 21.6. The molecule has 3 aromatic rings. The van der Waals surface area contributed by atoms with Crippen molar-refractivity contribution in [3.05, 3.63) is 83.4 Å². The van der Waals surface area contributed by atoms with E-state index in [1.807, 2.05) is 26.0 Å². The minimum Gasteiger partial charge on any atom is -0.497 e. The predicted octanol–water partition coefficient (Wildman–Crippen LogP) is 5.21. The Morgan fingerprint density at radius 2 is 1.56 bits per heavy atom. The van der Waals surface area contributed by atoms with Gasteiger partial charge in [0.2, 0.25) is 5.91 Å². The Kier molecular flexibility index (Phi) is 8.63. The Hall–Kier alpha value is -3.52. The van der Waals surface area contributed by atoms with Gasteiger partial charge in [-0.1, -0.05) is 32.0 Å². The maximum Gasteiger partial charge on any atom is 0.264 e. The first-order chi connectivity index (χ1) is 17.1. The van der Waals surface area contributed by atoms with Gasteiger partial charge in [-0.05, 0) is 85.0 Å². The number of benzene rings is 3. The molecule has 0 aromatic heterocycles. The fourth-order valence-corrected chi connectivity index (χ4v) is 5.53. The number of anilines is 1. The van der Waals surface area contributed by atoms with Crippen molar-refractivity contribution < 1.29 is 22.7 Å². The highest BCUT2D eigenvalue weighted by molar-refractivity contribution is 7.92. The number of hydrogen-bond acceptors (Lipinski definition) is 5. The maximum atomic E-state index is 13.5. The number of sulfonamides is 1. The van der Waals surface area contributed by atoms with E-state index in [9.17, 15) is 13.2 Å². The molecule has 36 heavy (non-hydrogen) atoms. The summed E-state index contributed by atoms with van der Waals surface area (Å²) in [6, 6.07) is 18.3. The van der Waals surface area contributed by atoms with Crippen molar-refractivity contribution in [2.45, 2.75) is 44.6 Å². The minimum atomic E-state index is -3.99. The van der Waals surface area contributed by atoms with E-state index in [0.717, 1.165) is 26.7 Å². The third-order valence-corrected chi connectivity index (χ3v) is 7.85. The van der Waals surface area contributed by atoms with Gasteiger partial charge in [0.25, 0.3) is 10.0 Å². The van der Waals surface area contributed by atoms with Gasteiger partial charge >= 0.3 is 0 Å². The molecule has 0 aliphatic heterocycles. The van der Waals surface area contributed by atoms with Gasteiger partial charge in [-0.3, -0.25) is 9.10 Å². The topological polar surface area (TPSA) is 84.9 Å². The highest BCUT2D eigenvalue weighted by Crippen LogP contribution is 2.32. The van der Waals surface area contributed by atoms with E-state index in [4.69, 9.17) is 9.47 Å². The molecule has 0 radical (unpaired) electrons. The van der Waals surface area contributed by atoms with Gasteiger partial charge in [0.15, 0.2) is 0 Å². The Bertz CT molecular complexity index is 1290. The van der Waals surface area contributed by atoms with Crippen molar-refractivity contribution in [3.8, 4) is 11.5 Å². The summed E-state index contributed by atoms with van der Waals surface area (Å²) in [5, 5.41) is 2.98. The lowest BCUT2D eigenvalue weighted by molar-refractivity contribution is -0.120. The second-order valence-corrected chi connectivity index (χ2v) is 10.8. The van der Waals surface area contributed by atoms with Crippen molar-refractivity contribution in [1.82, 2.24) is 5.32 Å². The summed E-state index contributed by atoms with van der Waals surface area (Å²) in [4.78, 5) is 13.3. The minimum absolute atomic E-state index is 0.106. The van der Waals surface area contributed by atoms with E-state index in [2.05, 4.69) is 19.2 Å². The number of carbonyl (C=O) groups is 1. The third-order valence-electron chi connectivity index (χ3n) is 6.06. The first-order valence-corrected chi connectivity index (χ1v) is 13.2. The van der Waals surface area contributed by atoms with E-state index < -0.39 is 15.9 Å². The van der Waals surface area contributed by atoms with E-state index in [-0.39, 0.29) is 23.4 Å². The van der Waals surface area contributed by atoms with Crippen LogP contribution in [-0.2, 0) is 14.8 Å². The molecule has 0 spiro atoms. The number of aryl methyl sites for hydroxylation is 1. The highest BCUT2D eigenvalue weighted by atomic mass is 32.2. The van der Waals surface area contributed by atoms with Crippen molar-refractivity contribution in [2.24, 2.45) is 0 Å². The quantitative estimate of drug-likeness (QED) is 0.405. The van der Waals surface area contributed by atoms with Crippen LogP contribution in [-0.4, -0.2) is 35.1 Å². The summed E-state index contributed by atoms with van der Waals surface area (Å²) in [6.07, 6.45) is 0. The molecule has 3 aromatic carbocycles. The third kappa shape index (κ3) is 5.99. The molecule has 8 heteroatoms. The molecule has 1 N–H and O–H groups in total. The summed E-state index contributed by atoms with van der Waals surface area (Å²) < 4.78 is 38.9. The lowest BCUT2D eigenvalue weighted by atomic mass is 9.93. The van der Waals surface area contributed by atoms with Crippen molar-refractivity contribution in [3.63, 3.8) is 0 Å². The summed E-state index contributed by atoms with van der Waals surface area (Å²) in [5.74, 6) is 1.22. The molecule has 192 valence electrons. The molecule has 0 unspecified atom stereocenters. The summed E-state index contributed by atoms with van der Waals surface area (Å²) >= 11 is 0. The lowest BCUT2D eigenvalue weighted by Gasteiger charge is -2.26. The average Bonchev–Trinajstić information content (AvgIpc) is 2.87. The normalized spacial score (nSPS) is 12.2. The van der Waals surface area contributed by atoms with Crippen molar-refractivity contribution in [2.75, 3.05) is 25.1 Å². The molecule has 0 saturated heterocycles. The number of ether oxygens (including phenoxy) is 2. The fourth-order valence-electron chi connectivity index (χ4n) is 4.09. The van der Waals surface area contributed by atoms with Crippen LogP contribution in [0.3, 0.4) is 0 Å². The molecule has 0 aliphatic rings. The van der Waals surface area contributed by atoms with Crippen LogP contribution in [0, 0.1) is 6.92 Å². The largest absolute Gasteiger partial charge is 0.497 e. The Labute approximate surface area is 214 Å². The monoisotopic (exact) mass is 510 g/mol. The van der Waals surface area contributed by atoms with Gasteiger partial charge in [0, 0.05) is 0 Å². The zero-order chi connectivity index (χ0) is 26.5. The number of amides is 1. The van der Waals surface area contributed by atoms with E-state index in [1.54, 1.807) is 49.6 Å². The molecule has 0 bridgehead atoms. The molecule has 0 heterocycles. The molecule has 0 saturated carbocycles. The van der Waals surface area contributed by atoms with Crippen molar-refractivity contribution >= 4 is 21.6 Å². The Balaban J connectivity index is 1.90. The lowest BCUT2D eigenvalue weighted by Crippen LogP contribution is -2.41. The van der Waals surface area contributed by atoms with Crippen LogP contribution in [0.4, 0.5) is 5.69 Å². The van der Waals surface area contributed by atoms with E-state index in [0.29, 0.717) is 11.4 Å². The van der Waals surface area contributed by atoms with Gasteiger partial charge in [-0.25, -0.2) is 8.42 Å². The second kappa shape index (κ2) is 11.5. The molecular weight excluding hydrogens is 476 g/mol. The van der Waals surface area contributed by atoms with Crippen LogP contribution < -0.4 is 19.1 Å². The fraction of sp³-hybridized carbons (Fsp3) is 0.321. The molecule has 1 atom stereocenters. The number of carbonyl (C=O) groups excluding carboxylic acids is 1. The smallest absolute Gasteiger partial charge is 0.264 e. The molecule has 7 nitrogen and oxygen atoms in total. The predicted molar refractivity (Wildman–Crippen MR) is 142 cm³/mol. The van der Waals surface area contributed by atoms with Crippen LogP contribution >= 0.6 is 0 Å². The van der Waals surface area contributed by atoms with Crippen LogP contribution in [0.2, 0.25) is 0 Å². The Morgan fingerprint density at radius 1 is 0.917 bits per heavy atom. The number of hydrogen-bond donors (Lipinski definition) is 1. The molecule has 3 rings (SSSR count). The van der Waals surface area contributed by atoms with Crippen LogP contribution in [0.25, 0.3) is 0 Å².